The van der Waals surface area contributed by atoms with E-state index < -0.39 is 5.97 Å². The number of rotatable bonds is 3. The Morgan fingerprint density at radius 1 is 1.56 bits per heavy atom. The van der Waals surface area contributed by atoms with E-state index in [1.165, 1.54) is 12.3 Å². The molecule has 1 fully saturated rings. The highest BCUT2D eigenvalue weighted by atomic mass is 16.5. The molecule has 1 N–H and O–H groups in total. The summed E-state index contributed by atoms with van der Waals surface area (Å²) >= 11 is 0. The number of carboxylic acids is 1. The highest BCUT2D eigenvalue weighted by Gasteiger charge is 2.15. The first-order valence-corrected chi connectivity index (χ1v) is 5.19. The molecule has 2 rings (SSSR count). The number of hydrogen-bond acceptors (Lipinski definition) is 4. The topological polar surface area (TPSA) is 68.7 Å². The van der Waals surface area contributed by atoms with Crippen molar-refractivity contribution >= 4 is 5.97 Å². The van der Waals surface area contributed by atoms with Gasteiger partial charge in [-0.15, -0.1) is 0 Å². The summed E-state index contributed by atoms with van der Waals surface area (Å²) in [6.07, 6.45) is 3.43. The molecule has 0 amide bonds. The Hall–Kier alpha value is -1.62. The van der Waals surface area contributed by atoms with Crippen molar-refractivity contribution in [2.75, 3.05) is 13.2 Å². The maximum Gasteiger partial charge on any atom is 0.354 e. The zero-order chi connectivity index (χ0) is 11.4. The Balaban J connectivity index is 1.96. The summed E-state index contributed by atoms with van der Waals surface area (Å²) in [5.41, 5.74) is 0.0206. The van der Waals surface area contributed by atoms with Gasteiger partial charge in [0.25, 0.3) is 0 Å². The molecule has 1 unspecified atom stereocenters. The van der Waals surface area contributed by atoms with E-state index in [-0.39, 0.29) is 11.8 Å². The molecule has 0 spiro atoms. The second kappa shape index (κ2) is 4.94. The molecule has 1 aromatic rings. The van der Waals surface area contributed by atoms with Gasteiger partial charge in [-0.25, -0.2) is 9.78 Å². The summed E-state index contributed by atoms with van der Waals surface area (Å²) in [6.45, 7) is 1.37. The van der Waals surface area contributed by atoms with E-state index in [0.717, 1.165) is 19.4 Å². The molecular formula is C11H13NO4. The van der Waals surface area contributed by atoms with Crippen LogP contribution in [-0.4, -0.2) is 35.4 Å². The van der Waals surface area contributed by atoms with Gasteiger partial charge in [0.05, 0.1) is 12.8 Å². The minimum atomic E-state index is -1.03. The Kier molecular flexibility index (Phi) is 3.36. The van der Waals surface area contributed by atoms with Gasteiger partial charge in [-0.05, 0) is 25.0 Å². The van der Waals surface area contributed by atoms with Crippen molar-refractivity contribution < 1.29 is 19.4 Å². The first kappa shape index (κ1) is 10.9. The molecule has 1 saturated heterocycles. The minimum absolute atomic E-state index is 0.0206. The number of pyridine rings is 1. The highest BCUT2D eigenvalue weighted by Crippen LogP contribution is 2.16. The molecule has 0 aromatic carbocycles. The van der Waals surface area contributed by atoms with Gasteiger partial charge in [-0.2, -0.15) is 0 Å². The van der Waals surface area contributed by atoms with Crippen LogP contribution in [-0.2, 0) is 4.74 Å². The van der Waals surface area contributed by atoms with E-state index in [0.29, 0.717) is 12.4 Å². The normalized spacial score (nSPS) is 20.4. The fourth-order valence-corrected chi connectivity index (χ4v) is 1.57. The molecule has 5 heteroatoms. The smallest absolute Gasteiger partial charge is 0.354 e. The first-order chi connectivity index (χ1) is 7.75. The quantitative estimate of drug-likeness (QED) is 0.837. The molecule has 0 radical (unpaired) electrons. The molecular weight excluding hydrogens is 210 g/mol. The summed E-state index contributed by atoms with van der Waals surface area (Å²) in [7, 11) is 0. The number of carboxylic acid groups (broad SMARTS) is 1. The third-order valence-corrected chi connectivity index (χ3v) is 2.38. The van der Waals surface area contributed by atoms with Crippen LogP contribution >= 0.6 is 0 Å². The second-order valence-corrected chi connectivity index (χ2v) is 3.64. The summed E-state index contributed by atoms with van der Waals surface area (Å²) < 4.78 is 10.9. The average Bonchev–Trinajstić information content (AvgIpc) is 2.31. The van der Waals surface area contributed by atoms with Crippen LogP contribution in [0.2, 0.25) is 0 Å². The van der Waals surface area contributed by atoms with Gasteiger partial charge in [-0.3, -0.25) is 0 Å². The van der Waals surface area contributed by atoms with Gasteiger partial charge in [-0.1, -0.05) is 0 Å². The number of nitrogens with zero attached hydrogens (tertiary/aromatic N) is 1. The Morgan fingerprint density at radius 3 is 3.00 bits per heavy atom. The van der Waals surface area contributed by atoms with E-state index in [4.69, 9.17) is 14.6 Å². The van der Waals surface area contributed by atoms with Crippen molar-refractivity contribution in [2.45, 2.75) is 18.9 Å². The molecule has 86 valence electrons. The van der Waals surface area contributed by atoms with E-state index in [2.05, 4.69) is 4.98 Å². The SMILES string of the molecule is O=C(O)c1ccc(OC2CCCOC2)cn1. The summed E-state index contributed by atoms with van der Waals surface area (Å²) in [5, 5.41) is 8.67. The van der Waals surface area contributed by atoms with Crippen molar-refractivity contribution in [3.05, 3.63) is 24.0 Å². The maximum atomic E-state index is 10.6. The van der Waals surface area contributed by atoms with Crippen LogP contribution in [0.5, 0.6) is 5.75 Å². The third kappa shape index (κ3) is 2.70. The molecule has 16 heavy (non-hydrogen) atoms. The number of carbonyl (C=O) groups is 1. The van der Waals surface area contributed by atoms with Gasteiger partial charge < -0.3 is 14.6 Å². The molecule has 1 aliphatic rings. The van der Waals surface area contributed by atoms with Gasteiger partial charge >= 0.3 is 5.97 Å². The lowest BCUT2D eigenvalue weighted by Crippen LogP contribution is -2.28. The van der Waals surface area contributed by atoms with Crippen molar-refractivity contribution in [1.82, 2.24) is 4.98 Å². The number of aromatic nitrogens is 1. The van der Waals surface area contributed by atoms with E-state index in [1.807, 2.05) is 0 Å². The molecule has 2 heterocycles. The van der Waals surface area contributed by atoms with Crippen LogP contribution in [0.1, 0.15) is 23.3 Å². The van der Waals surface area contributed by atoms with Crippen LogP contribution in [0.3, 0.4) is 0 Å². The number of ether oxygens (including phenoxy) is 2. The van der Waals surface area contributed by atoms with Crippen LogP contribution in [0.4, 0.5) is 0 Å². The van der Waals surface area contributed by atoms with E-state index in [9.17, 15) is 4.79 Å². The molecule has 1 aromatic heterocycles. The van der Waals surface area contributed by atoms with Crippen LogP contribution < -0.4 is 4.74 Å². The monoisotopic (exact) mass is 223 g/mol. The molecule has 0 saturated carbocycles. The lowest BCUT2D eigenvalue weighted by molar-refractivity contribution is 0.00726. The van der Waals surface area contributed by atoms with Gasteiger partial charge in [0, 0.05) is 6.61 Å². The standard InChI is InChI=1S/C11H13NO4/c13-11(14)10-4-3-8(6-12-10)16-9-2-1-5-15-7-9/h3-4,6,9H,1-2,5,7H2,(H,13,14). The Labute approximate surface area is 93.0 Å². The summed E-state index contributed by atoms with van der Waals surface area (Å²) in [6, 6.07) is 3.05. The fraction of sp³-hybridized carbons (Fsp3) is 0.455. The first-order valence-electron chi connectivity index (χ1n) is 5.19. The predicted molar refractivity (Wildman–Crippen MR) is 55.7 cm³/mol. The molecule has 5 nitrogen and oxygen atoms in total. The van der Waals surface area contributed by atoms with Gasteiger partial charge in [0.2, 0.25) is 0 Å². The average molecular weight is 223 g/mol. The lowest BCUT2D eigenvalue weighted by Gasteiger charge is -2.23. The van der Waals surface area contributed by atoms with E-state index >= 15 is 0 Å². The summed E-state index contributed by atoms with van der Waals surface area (Å²) in [5.74, 6) is -0.451. The molecule has 0 aliphatic carbocycles. The van der Waals surface area contributed by atoms with Crippen molar-refractivity contribution in [3.63, 3.8) is 0 Å². The lowest BCUT2D eigenvalue weighted by atomic mass is 10.2. The number of hydrogen-bond donors (Lipinski definition) is 1. The van der Waals surface area contributed by atoms with E-state index in [1.54, 1.807) is 6.07 Å². The zero-order valence-electron chi connectivity index (χ0n) is 8.76. The minimum Gasteiger partial charge on any atom is -0.486 e. The maximum absolute atomic E-state index is 10.6. The molecule has 1 atom stereocenters. The fourth-order valence-electron chi connectivity index (χ4n) is 1.57. The molecule has 0 bridgehead atoms. The summed E-state index contributed by atoms with van der Waals surface area (Å²) in [4.78, 5) is 14.4. The van der Waals surface area contributed by atoms with Gasteiger partial charge in [0.1, 0.15) is 17.5 Å². The highest BCUT2D eigenvalue weighted by molar-refractivity contribution is 5.85. The third-order valence-electron chi connectivity index (χ3n) is 2.38. The predicted octanol–water partition coefficient (Wildman–Crippen LogP) is 1.34. The van der Waals surface area contributed by atoms with Crippen molar-refractivity contribution in [2.24, 2.45) is 0 Å². The number of aromatic carboxylic acids is 1. The van der Waals surface area contributed by atoms with Crippen LogP contribution in [0.15, 0.2) is 18.3 Å². The van der Waals surface area contributed by atoms with Gasteiger partial charge in [0.15, 0.2) is 0 Å². The Bertz CT molecular complexity index is 357. The largest absolute Gasteiger partial charge is 0.486 e. The van der Waals surface area contributed by atoms with Crippen LogP contribution in [0.25, 0.3) is 0 Å². The zero-order valence-corrected chi connectivity index (χ0v) is 8.76. The van der Waals surface area contributed by atoms with Crippen molar-refractivity contribution in [1.29, 1.82) is 0 Å². The van der Waals surface area contributed by atoms with Crippen LogP contribution in [0, 0.1) is 0 Å². The second-order valence-electron chi connectivity index (χ2n) is 3.64. The van der Waals surface area contributed by atoms with Crippen molar-refractivity contribution in [3.8, 4) is 5.75 Å². The Morgan fingerprint density at radius 2 is 2.44 bits per heavy atom. The molecule has 1 aliphatic heterocycles.